The third-order valence-electron chi connectivity index (χ3n) is 2.62. The molecular formula is C11H15NO2S. The van der Waals surface area contributed by atoms with E-state index < -0.39 is 0 Å². The predicted molar refractivity (Wildman–Crippen MR) is 60.2 cm³/mol. The maximum absolute atomic E-state index is 11.3. The lowest BCUT2D eigenvalue weighted by Crippen LogP contribution is -2.30. The molecule has 1 aromatic heterocycles. The molecule has 1 atom stereocenters. The molecule has 0 saturated carbocycles. The van der Waals surface area contributed by atoms with Crippen molar-refractivity contribution in [1.82, 2.24) is 5.32 Å². The molecule has 1 N–H and O–H groups in total. The number of alkyl carbamates (subject to hydrolysis) is 1. The van der Waals surface area contributed by atoms with Crippen LogP contribution in [0.3, 0.4) is 0 Å². The topological polar surface area (TPSA) is 38.3 Å². The van der Waals surface area contributed by atoms with Crippen LogP contribution in [0, 0.1) is 0 Å². The van der Waals surface area contributed by atoms with Gasteiger partial charge in [0.05, 0.1) is 12.6 Å². The Morgan fingerprint density at radius 1 is 1.73 bits per heavy atom. The molecule has 0 aromatic carbocycles. The fourth-order valence-electron chi connectivity index (χ4n) is 1.95. The molecule has 15 heavy (non-hydrogen) atoms. The van der Waals surface area contributed by atoms with Gasteiger partial charge >= 0.3 is 6.09 Å². The van der Waals surface area contributed by atoms with E-state index in [0.29, 0.717) is 6.61 Å². The molecule has 0 spiro atoms. The lowest BCUT2D eigenvalue weighted by molar-refractivity contribution is 0.147. The molecule has 0 fully saturated rings. The van der Waals surface area contributed by atoms with Crippen LogP contribution in [-0.4, -0.2) is 12.7 Å². The third-order valence-corrected chi connectivity index (χ3v) is 3.62. The van der Waals surface area contributed by atoms with Gasteiger partial charge in [-0.15, -0.1) is 11.3 Å². The molecule has 2 rings (SSSR count). The average Bonchev–Trinajstić information content (AvgIpc) is 2.67. The summed E-state index contributed by atoms with van der Waals surface area (Å²) in [6, 6.07) is 2.26. The Morgan fingerprint density at radius 2 is 2.60 bits per heavy atom. The Morgan fingerprint density at radius 3 is 3.40 bits per heavy atom. The van der Waals surface area contributed by atoms with Crippen LogP contribution in [0.2, 0.25) is 0 Å². The first-order valence-corrected chi connectivity index (χ1v) is 6.18. The Labute approximate surface area is 93.4 Å². The normalized spacial score (nSPS) is 19.4. The number of hydrogen-bond acceptors (Lipinski definition) is 3. The van der Waals surface area contributed by atoms with Gasteiger partial charge in [0.1, 0.15) is 0 Å². The minimum atomic E-state index is -0.304. The van der Waals surface area contributed by atoms with E-state index in [2.05, 4.69) is 16.8 Å². The van der Waals surface area contributed by atoms with Gasteiger partial charge in [-0.3, -0.25) is 0 Å². The molecule has 0 radical (unpaired) electrons. The van der Waals surface area contributed by atoms with Crippen molar-refractivity contribution in [3.63, 3.8) is 0 Å². The minimum absolute atomic E-state index is 0.152. The third kappa shape index (κ3) is 2.31. The summed E-state index contributed by atoms with van der Waals surface area (Å²) in [6.07, 6.45) is 3.00. The molecule has 0 saturated heterocycles. The van der Waals surface area contributed by atoms with Gasteiger partial charge < -0.3 is 10.1 Å². The second-order valence-corrected chi connectivity index (χ2v) is 4.61. The summed E-state index contributed by atoms with van der Waals surface area (Å²) in [5, 5.41) is 5.00. The van der Waals surface area contributed by atoms with Gasteiger partial charge in [0.15, 0.2) is 0 Å². The monoisotopic (exact) mass is 225 g/mol. The van der Waals surface area contributed by atoms with E-state index in [-0.39, 0.29) is 12.1 Å². The second-order valence-electron chi connectivity index (χ2n) is 3.61. The standard InChI is InChI=1S/C11H15NO2S/c1-2-14-11(13)12-9-4-3-5-10-8(9)6-7-15-10/h6-7,9H,2-5H2,1H3,(H,12,13). The van der Waals surface area contributed by atoms with Crippen molar-refractivity contribution >= 4 is 17.4 Å². The van der Waals surface area contributed by atoms with Crippen LogP contribution in [0.5, 0.6) is 0 Å². The Balaban J connectivity index is 2.03. The maximum Gasteiger partial charge on any atom is 0.407 e. The van der Waals surface area contributed by atoms with Crippen molar-refractivity contribution in [3.05, 3.63) is 21.9 Å². The number of fused-ring (bicyclic) bond motifs is 1. The van der Waals surface area contributed by atoms with E-state index in [0.717, 1.165) is 19.3 Å². The van der Waals surface area contributed by atoms with Crippen LogP contribution < -0.4 is 5.32 Å². The van der Waals surface area contributed by atoms with Crippen LogP contribution in [0.25, 0.3) is 0 Å². The van der Waals surface area contributed by atoms with Crippen molar-refractivity contribution in [2.45, 2.75) is 32.2 Å². The zero-order valence-corrected chi connectivity index (χ0v) is 9.60. The van der Waals surface area contributed by atoms with E-state index in [4.69, 9.17) is 4.74 Å². The molecular weight excluding hydrogens is 210 g/mol. The summed E-state index contributed by atoms with van der Waals surface area (Å²) >= 11 is 1.78. The van der Waals surface area contributed by atoms with Gasteiger partial charge in [-0.25, -0.2) is 4.79 Å². The molecule has 1 unspecified atom stereocenters. The summed E-state index contributed by atoms with van der Waals surface area (Å²) in [4.78, 5) is 12.7. The van der Waals surface area contributed by atoms with Crippen molar-refractivity contribution in [3.8, 4) is 0 Å². The van der Waals surface area contributed by atoms with Crippen molar-refractivity contribution in [2.24, 2.45) is 0 Å². The Kier molecular flexibility index (Phi) is 3.26. The molecule has 1 aromatic rings. The SMILES string of the molecule is CCOC(=O)NC1CCCc2sccc21. The van der Waals surface area contributed by atoms with Crippen molar-refractivity contribution in [2.75, 3.05) is 6.61 Å². The zero-order chi connectivity index (χ0) is 10.7. The smallest absolute Gasteiger partial charge is 0.407 e. The molecule has 1 aliphatic carbocycles. The van der Waals surface area contributed by atoms with Crippen LogP contribution >= 0.6 is 11.3 Å². The maximum atomic E-state index is 11.3. The molecule has 0 bridgehead atoms. The summed E-state index contributed by atoms with van der Waals surface area (Å²) in [7, 11) is 0. The van der Waals surface area contributed by atoms with Gasteiger partial charge in [0, 0.05) is 4.88 Å². The fraction of sp³-hybridized carbons (Fsp3) is 0.545. The van der Waals surface area contributed by atoms with E-state index in [9.17, 15) is 4.79 Å². The number of thiophene rings is 1. The summed E-state index contributed by atoms with van der Waals surface area (Å²) in [6.45, 7) is 2.24. The number of rotatable bonds is 2. The van der Waals surface area contributed by atoms with Crippen molar-refractivity contribution < 1.29 is 9.53 Å². The van der Waals surface area contributed by atoms with Crippen molar-refractivity contribution in [1.29, 1.82) is 0 Å². The van der Waals surface area contributed by atoms with E-state index in [1.54, 1.807) is 11.3 Å². The molecule has 1 aliphatic rings. The molecule has 1 heterocycles. The highest BCUT2D eigenvalue weighted by molar-refractivity contribution is 7.10. The number of carbonyl (C=O) groups is 1. The van der Waals surface area contributed by atoms with Crippen LogP contribution in [0.15, 0.2) is 11.4 Å². The fourth-order valence-corrected chi connectivity index (χ4v) is 2.94. The average molecular weight is 225 g/mol. The number of aryl methyl sites for hydroxylation is 1. The number of carbonyl (C=O) groups excluding carboxylic acids is 1. The van der Waals surface area contributed by atoms with Gasteiger partial charge in [-0.05, 0) is 43.2 Å². The quantitative estimate of drug-likeness (QED) is 0.840. The summed E-state index contributed by atoms with van der Waals surface area (Å²) in [5.74, 6) is 0. The van der Waals surface area contributed by atoms with Crippen LogP contribution in [0.1, 0.15) is 36.2 Å². The Bertz CT molecular complexity index is 348. The highest BCUT2D eigenvalue weighted by Gasteiger charge is 2.22. The first-order valence-electron chi connectivity index (χ1n) is 5.31. The Hall–Kier alpha value is -1.03. The molecule has 0 aliphatic heterocycles. The zero-order valence-electron chi connectivity index (χ0n) is 8.79. The number of ether oxygens (including phenoxy) is 1. The number of hydrogen-bond donors (Lipinski definition) is 1. The highest BCUT2D eigenvalue weighted by atomic mass is 32.1. The van der Waals surface area contributed by atoms with E-state index >= 15 is 0 Å². The molecule has 3 nitrogen and oxygen atoms in total. The second kappa shape index (κ2) is 4.66. The minimum Gasteiger partial charge on any atom is -0.450 e. The van der Waals surface area contributed by atoms with Gasteiger partial charge in [0.25, 0.3) is 0 Å². The highest BCUT2D eigenvalue weighted by Crippen LogP contribution is 2.33. The first kappa shape index (κ1) is 10.5. The molecule has 4 heteroatoms. The first-order chi connectivity index (χ1) is 7.31. The van der Waals surface area contributed by atoms with Crippen LogP contribution in [-0.2, 0) is 11.2 Å². The van der Waals surface area contributed by atoms with E-state index in [1.165, 1.54) is 10.4 Å². The number of nitrogens with one attached hydrogen (secondary N) is 1. The number of amides is 1. The van der Waals surface area contributed by atoms with E-state index in [1.807, 2.05) is 6.92 Å². The summed E-state index contributed by atoms with van der Waals surface area (Å²) < 4.78 is 4.89. The van der Waals surface area contributed by atoms with Gasteiger partial charge in [0.2, 0.25) is 0 Å². The van der Waals surface area contributed by atoms with Gasteiger partial charge in [-0.1, -0.05) is 0 Å². The molecule has 1 amide bonds. The largest absolute Gasteiger partial charge is 0.450 e. The lowest BCUT2D eigenvalue weighted by atomic mass is 9.94. The molecule has 82 valence electrons. The van der Waals surface area contributed by atoms with Gasteiger partial charge in [-0.2, -0.15) is 0 Å². The summed E-state index contributed by atoms with van der Waals surface area (Å²) in [5.41, 5.74) is 1.28. The lowest BCUT2D eigenvalue weighted by Gasteiger charge is -2.23. The predicted octanol–water partition coefficient (Wildman–Crippen LogP) is 2.87. The van der Waals surface area contributed by atoms with Crippen LogP contribution in [0.4, 0.5) is 4.79 Å².